The molecule has 32 heavy (non-hydrogen) atoms. The summed E-state index contributed by atoms with van der Waals surface area (Å²) in [7, 11) is 0. The molecule has 2 heterocycles. The number of rotatable bonds is 6. The molecule has 4 rings (SSSR count). The first-order valence-corrected chi connectivity index (χ1v) is 11.3. The third-order valence-electron chi connectivity index (χ3n) is 6.17. The van der Waals surface area contributed by atoms with Crippen LogP contribution in [-0.4, -0.2) is 45.6 Å². The van der Waals surface area contributed by atoms with Crippen LogP contribution in [0, 0.1) is 6.92 Å². The lowest BCUT2D eigenvalue weighted by molar-refractivity contribution is -0.134. The van der Waals surface area contributed by atoms with E-state index in [0.29, 0.717) is 18.8 Å². The van der Waals surface area contributed by atoms with Crippen molar-refractivity contribution in [3.63, 3.8) is 0 Å². The van der Waals surface area contributed by atoms with Gasteiger partial charge in [0.15, 0.2) is 5.69 Å². The second-order valence-electron chi connectivity index (χ2n) is 8.36. The van der Waals surface area contributed by atoms with E-state index < -0.39 is 0 Å². The molecule has 1 aliphatic rings. The first kappa shape index (κ1) is 21.8. The summed E-state index contributed by atoms with van der Waals surface area (Å²) in [4.78, 5) is 27.8. The van der Waals surface area contributed by atoms with E-state index >= 15 is 0 Å². The summed E-state index contributed by atoms with van der Waals surface area (Å²) in [5, 5.41) is 7.61. The normalized spacial score (nSPS) is 15.4. The molecule has 1 saturated heterocycles. The lowest BCUT2D eigenvalue weighted by atomic mass is 9.93. The predicted molar refractivity (Wildman–Crippen MR) is 125 cm³/mol. The second kappa shape index (κ2) is 9.81. The lowest BCUT2D eigenvalue weighted by Crippen LogP contribution is -2.47. The number of aryl methyl sites for hydroxylation is 1. The summed E-state index contributed by atoms with van der Waals surface area (Å²) < 4.78 is 1.78. The van der Waals surface area contributed by atoms with E-state index in [1.807, 2.05) is 78.6 Å². The Morgan fingerprint density at radius 1 is 1.03 bits per heavy atom. The molecule has 0 radical (unpaired) electrons. The van der Waals surface area contributed by atoms with Crippen LogP contribution in [0.1, 0.15) is 53.8 Å². The van der Waals surface area contributed by atoms with Gasteiger partial charge in [0.1, 0.15) is 0 Å². The average Bonchev–Trinajstić information content (AvgIpc) is 3.23. The van der Waals surface area contributed by atoms with Crippen LogP contribution in [-0.2, 0) is 4.79 Å². The number of nitrogens with zero attached hydrogens (tertiary/aromatic N) is 3. The van der Waals surface area contributed by atoms with Gasteiger partial charge in [-0.2, -0.15) is 5.10 Å². The molecule has 0 spiro atoms. The number of carbonyl (C=O) groups is 2. The average molecular weight is 431 g/mol. The van der Waals surface area contributed by atoms with Crippen LogP contribution >= 0.6 is 0 Å². The molecule has 2 aromatic carbocycles. The largest absolute Gasteiger partial charge is 0.348 e. The molecule has 6 nitrogen and oxygen atoms in total. The number of piperidine rings is 1. The molecule has 1 aliphatic heterocycles. The lowest BCUT2D eigenvalue weighted by Gasteiger charge is -2.34. The Balaban J connectivity index is 1.34. The van der Waals surface area contributed by atoms with E-state index in [0.717, 1.165) is 36.2 Å². The van der Waals surface area contributed by atoms with Crippen molar-refractivity contribution in [1.82, 2.24) is 20.0 Å². The Morgan fingerprint density at radius 3 is 2.28 bits per heavy atom. The highest BCUT2D eigenvalue weighted by molar-refractivity contribution is 5.92. The molecule has 0 aliphatic carbocycles. The minimum Gasteiger partial charge on any atom is -0.348 e. The van der Waals surface area contributed by atoms with E-state index in [4.69, 9.17) is 0 Å². The smallest absolute Gasteiger partial charge is 0.272 e. The van der Waals surface area contributed by atoms with Crippen LogP contribution in [0.15, 0.2) is 66.7 Å². The highest BCUT2D eigenvalue weighted by Gasteiger charge is 2.29. The highest BCUT2D eigenvalue weighted by Crippen LogP contribution is 2.24. The summed E-state index contributed by atoms with van der Waals surface area (Å²) in [6, 6.07) is 21.6. The number of amides is 2. The molecule has 3 aromatic rings. The second-order valence-corrected chi connectivity index (χ2v) is 8.36. The summed E-state index contributed by atoms with van der Waals surface area (Å²) in [5.41, 5.74) is 3.33. The van der Waals surface area contributed by atoms with Gasteiger partial charge in [-0.3, -0.25) is 9.59 Å². The molecular formula is C26H30N4O2. The molecule has 166 valence electrons. The van der Waals surface area contributed by atoms with Crippen LogP contribution in [0.25, 0.3) is 5.69 Å². The first-order valence-electron chi connectivity index (χ1n) is 11.3. The van der Waals surface area contributed by atoms with Crippen molar-refractivity contribution in [2.24, 2.45) is 0 Å². The van der Waals surface area contributed by atoms with Crippen molar-refractivity contribution < 1.29 is 9.59 Å². The van der Waals surface area contributed by atoms with Gasteiger partial charge >= 0.3 is 0 Å². The zero-order chi connectivity index (χ0) is 22.5. The molecule has 1 atom stereocenters. The summed E-state index contributed by atoms with van der Waals surface area (Å²) in [6.07, 6.45) is 2.28. The Hall–Kier alpha value is -3.41. The highest BCUT2D eigenvalue weighted by atomic mass is 16.2. The molecule has 0 saturated carbocycles. The van der Waals surface area contributed by atoms with Crippen molar-refractivity contribution >= 4 is 11.8 Å². The van der Waals surface area contributed by atoms with Gasteiger partial charge in [-0.1, -0.05) is 55.5 Å². The Bertz CT molecular complexity index is 1050. The number of carbonyl (C=O) groups excluding carboxylic acids is 2. The van der Waals surface area contributed by atoms with Crippen molar-refractivity contribution in [1.29, 1.82) is 0 Å². The fraction of sp³-hybridized carbons (Fsp3) is 0.346. The first-order chi connectivity index (χ1) is 15.6. The van der Waals surface area contributed by atoms with Crippen LogP contribution in [0.5, 0.6) is 0 Å². The molecule has 1 aromatic heterocycles. The summed E-state index contributed by atoms with van der Waals surface area (Å²) >= 11 is 0. The molecular weight excluding hydrogens is 400 g/mol. The number of para-hydroxylation sites is 1. The minimum atomic E-state index is -0.164. The number of aromatic nitrogens is 2. The van der Waals surface area contributed by atoms with Crippen LogP contribution in [0.3, 0.4) is 0 Å². The quantitative estimate of drug-likeness (QED) is 0.640. The molecule has 1 N–H and O–H groups in total. The standard InChI is InChI=1S/C26H30N4O2/c1-3-23(20-10-6-4-7-11-20)26(32)29-16-14-21(15-17-29)27-25(31)24-18-19(2)30(28-24)22-12-8-5-9-13-22/h4-13,18,21,23H,3,14-17H2,1-2H3,(H,27,31). The fourth-order valence-electron chi connectivity index (χ4n) is 4.38. The predicted octanol–water partition coefficient (Wildman–Crippen LogP) is 4.10. The number of benzene rings is 2. The van der Waals surface area contributed by atoms with E-state index in [1.165, 1.54) is 0 Å². The van der Waals surface area contributed by atoms with Crippen molar-refractivity contribution in [3.8, 4) is 5.69 Å². The zero-order valence-corrected chi connectivity index (χ0v) is 18.7. The maximum atomic E-state index is 13.1. The fourth-order valence-corrected chi connectivity index (χ4v) is 4.38. The monoisotopic (exact) mass is 430 g/mol. The zero-order valence-electron chi connectivity index (χ0n) is 18.7. The van der Waals surface area contributed by atoms with E-state index in [2.05, 4.69) is 17.3 Å². The van der Waals surface area contributed by atoms with Gasteiger partial charge in [0.2, 0.25) is 5.91 Å². The molecule has 1 fully saturated rings. The maximum absolute atomic E-state index is 13.1. The topological polar surface area (TPSA) is 67.2 Å². The van der Waals surface area contributed by atoms with Gasteiger partial charge < -0.3 is 10.2 Å². The van der Waals surface area contributed by atoms with Gasteiger partial charge in [-0.15, -0.1) is 0 Å². The third kappa shape index (κ3) is 4.74. The molecule has 1 unspecified atom stereocenters. The summed E-state index contributed by atoms with van der Waals surface area (Å²) in [6.45, 7) is 5.31. The summed E-state index contributed by atoms with van der Waals surface area (Å²) in [5.74, 6) is -0.0868. The number of hydrogen-bond acceptors (Lipinski definition) is 3. The number of hydrogen-bond donors (Lipinski definition) is 1. The van der Waals surface area contributed by atoms with Crippen LogP contribution in [0.2, 0.25) is 0 Å². The molecule has 6 heteroatoms. The van der Waals surface area contributed by atoms with Crippen molar-refractivity contribution in [3.05, 3.63) is 83.7 Å². The van der Waals surface area contributed by atoms with Gasteiger partial charge in [-0.05, 0) is 49.9 Å². The van der Waals surface area contributed by atoms with Gasteiger partial charge in [-0.25, -0.2) is 4.68 Å². The van der Waals surface area contributed by atoms with E-state index in [-0.39, 0.29) is 23.8 Å². The number of likely N-dealkylation sites (tertiary alicyclic amines) is 1. The third-order valence-corrected chi connectivity index (χ3v) is 6.17. The minimum absolute atomic E-state index is 0.0468. The van der Waals surface area contributed by atoms with Crippen LogP contribution < -0.4 is 5.32 Å². The van der Waals surface area contributed by atoms with Crippen molar-refractivity contribution in [2.75, 3.05) is 13.1 Å². The van der Waals surface area contributed by atoms with Gasteiger partial charge in [0.05, 0.1) is 11.6 Å². The maximum Gasteiger partial charge on any atom is 0.272 e. The van der Waals surface area contributed by atoms with Gasteiger partial charge in [0.25, 0.3) is 5.91 Å². The Kier molecular flexibility index (Phi) is 6.69. The molecule has 0 bridgehead atoms. The van der Waals surface area contributed by atoms with E-state index in [9.17, 15) is 9.59 Å². The molecule has 2 amide bonds. The number of nitrogens with one attached hydrogen (secondary N) is 1. The van der Waals surface area contributed by atoms with Gasteiger partial charge in [0, 0.05) is 24.8 Å². The van der Waals surface area contributed by atoms with Crippen molar-refractivity contribution in [2.45, 2.75) is 45.1 Å². The Labute approximate surface area is 189 Å². The van der Waals surface area contributed by atoms with Crippen LogP contribution in [0.4, 0.5) is 0 Å². The Morgan fingerprint density at radius 2 is 1.66 bits per heavy atom. The van der Waals surface area contributed by atoms with E-state index in [1.54, 1.807) is 4.68 Å². The SMILES string of the molecule is CCC(C(=O)N1CCC(NC(=O)c2cc(C)n(-c3ccccc3)n2)CC1)c1ccccc1.